The first-order chi connectivity index (χ1) is 12.8. The van der Waals surface area contributed by atoms with Gasteiger partial charge in [0.2, 0.25) is 5.88 Å². The molecule has 0 N–H and O–H groups in total. The zero-order valence-corrected chi connectivity index (χ0v) is 16.3. The molecule has 3 rings (SSSR count). The van der Waals surface area contributed by atoms with E-state index in [2.05, 4.69) is 41.4 Å². The Kier molecular flexibility index (Phi) is 7.04. The standard InChI is InChI=1S/C23H32N2O/c1-3-5-18-6-8-19(9-7-18)10-11-20-12-14-21(15-13-20)22-16-17-23(25-24-22)26-4-2/h12-19H,3-11H2,1-2H3. The first kappa shape index (κ1) is 18.9. The molecule has 0 saturated heterocycles. The second-order valence-corrected chi connectivity index (χ2v) is 7.60. The molecule has 0 atom stereocenters. The molecule has 1 fully saturated rings. The SMILES string of the molecule is CCCC1CCC(CCc2ccc(-c3ccc(OCC)nn3)cc2)CC1. The molecule has 0 unspecified atom stereocenters. The van der Waals surface area contributed by atoms with E-state index in [0.29, 0.717) is 12.5 Å². The smallest absolute Gasteiger partial charge is 0.233 e. The van der Waals surface area contributed by atoms with Gasteiger partial charge < -0.3 is 4.74 Å². The summed E-state index contributed by atoms with van der Waals surface area (Å²) in [6.07, 6.45) is 11.1. The van der Waals surface area contributed by atoms with Gasteiger partial charge in [0, 0.05) is 11.6 Å². The van der Waals surface area contributed by atoms with E-state index in [4.69, 9.17) is 4.74 Å². The number of aromatic nitrogens is 2. The molecule has 1 saturated carbocycles. The molecule has 0 amide bonds. The van der Waals surface area contributed by atoms with Gasteiger partial charge in [0.05, 0.1) is 12.3 Å². The highest BCUT2D eigenvalue weighted by Crippen LogP contribution is 2.33. The molecule has 1 aliphatic rings. The van der Waals surface area contributed by atoms with E-state index in [1.165, 1.54) is 56.9 Å². The second kappa shape index (κ2) is 9.70. The zero-order chi connectivity index (χ0) is 18.2. The maximum Gasteiger partial charge on any atom is 0.233 e. The highest BCUT2D eigenvalue weighted by molar-refractivity contribution is 5.59. The molecule has 0 spiro atoms. The van der Waals surface area contributed by atoms with Crippen molar-refractivity contribution in [3.63, 3.8) is 0 Å². The van der Waals surface area contributed by atoms with Gasteiger partial charge in [0.1, 0.15) is 0 Å². The van der Waals surface area contributed by atoms with E-state index in [1.807, 2.05) is 19.1 Å². The normalized spacial score (nSPS) is 20.1. The Morgan fingerprint density at radius 3 is 2.12 bits per heavy atom. The molecule has 1 aromatic heterocycles. The Hall–Kier alpha value is -1.90. The molecule has 1 heterocycles. The van der Waals surface area contributed by atoms with Gasteiger partial charge in [0.15, 0.2) is 0 Å². The monoisotopic (exact) mass is 352 g/mol. The van der Waals surface area contributed by atoms with Crippen LogP contribution in [0.25, 0.3) is 11.3 Å². The molecular weight excluding hydrogens is 320 g/mol. The molecule has 0 radical (unpaired) electrons. The van der Waals surface area contributed by atoms with Crippen molar-refractivity contribution in [3.05, 3.63) is 42.0 Å². The van der Waals surface area contributed by atoms with Crippen molar-refractivity contribution in [2.75, 3.05) is 6.61 Å². The number of benzene rings is 1. The Labute approximate surface area is 158 Å². The Bertz CT molecular complexity index is 643. The first-order valence-electron chi connectivity index (χ1n) is 10.3. The summed E-state index contributed by atoms with van der Waals surface area (Å²) in [6.45, 7) is 4.88. The Balaban J connectivity index is 1.49. The maximum atomic E-state index is 5.35. The molecule has 3 heteroatoms. The molecule has 0 bridgehead atoms. The number of hydrogen-bond acceptors (Lipinski definition) is 3. The zero-order valence-electron chi connectivity index (χ0n) is 16.3. The van der Waals surface area contributed by atoms with Crippen molar-refractivity contribution in [2.24, 2.45) is 11.8 Å². The van der Waals surface area contributed by atoms with Crippen LogP contribution in [-0.2, 0) is 6.42 Å². The summed E-state index contributed by atoms with van der Waals surface area (Å²) in [5.41, 5.74) is 3.45. The molecule has 0 aliphatic heterocycles. The predicted molar refractivity (Wildman–Crippen MR) is 107 cm³/mol. The van der Waals surface area contributed by atoms with Crippen LogP contribution in [0.3, 0.4) is 0 Å². The van der Waals surface area contributed by atoms with Crippen LogP contribution in [0.1, 0.15) is 64.4 Å². The van der Waals surface area contributed by atoms with Crippen molar-refractivity contribution >= 4 is 0 Å². The van der Waals surface area contributed by atoms with E-state index in [1.54, 1.807) is 0 Å². The van der Waals surface area contributed by atoms with Crippen molar-refractivity contribution in [2.45, 2.75) is 65.2 Å². The first-order valence-corrected chi connectivity index (χ1v) is 10.3. The number of aryl methyl sites for hydroxylation is 1. The van der Waals surface area contributed by atoms with Gasteiger partial charge in [-0.05, 0) is 43.2 Å². The topological polar surface area (TPSA) is 35.0 Å². The number of nitrogens with zero attached hydrogens (tertiary/aromatic N) is 2. The summed E-state index contributed by atoms with van der Waals surface area (Å²) >= 11 is 0. The van der Waals surface area contributed by atoms with Crippen LogP contribution in [0.2, 0.25) is 0 Å². The maximum absolute atomic E-state index is 5.35. The van der Waals surface area contributed by atoms with Gasteiger partial charge in [0.25, 0.3) is 0 Å². The van der Waals surface area contributed by atoms with E-state index in [-0.39, 0.29) is 0 Å². The van der Waals surface area contributed by atoms with Gasteiger partial charge in [-0.1, -0.05) is 69.7 Å². The van der Waals surface area contributed by atoms with Crippen molar-refractivity contribution in [1.82, 2.24) is 10.2 Å². The van der Waals surface area contributed by atoms with Gasteiger partial charge in [-0.2, -0.15) is 0 Å². The lowest BCUT2D eigenvalue weighted by Crippen LogP contribution is -2.15. The van der Waals surface area contributed by atoms with E-state index in [9.17, 15) is 0 Å². The molecule has 1 aromatic carbocycles. The van der Waals surface area contributed by atoms with Crippen LogP contribution in [0.5, 0.6) is 5.88 Å². The minimum atomic E-state index is 0.585. The van der Waals surface area contributed by atoms with E-state index >= 15 is 0 Å². The molecule has 3 nitrogen and oxygen atoms in total. The quantitative estimate of drug-likeness (QED) is 0.577. The van der Waals surface area contributed by atoms with E-state index < -0.39 is 0 Å². The lowest BCUT2D eigenvalue weighted by Gasteiger charge is -2.28. The van der Waals surface area contributed by atoms with E-state index in [0.717, 1.165) is 23.1 Å². The highest BCUT2D eigenvalue weighted by atomic mass is 16.5. The fourth-order valence-corrected chi connectivity index (χ4v) is 4.13. The fraction of sp³-hybridized carbons (Fsp3) is 0.565. The third-order valence-electron chi connectivity index (χ3n) is 5.69. The second-order valence-electron chi connectivity index (χ2n) is 7.60. The average molecular weight is 353 g/mol. The lowest BCUT2D eigenvalue weighted by atomic mass is 9.78. The van der Waals surface area contributed by atoms with Crippen LogP contribution >= 0.6 is 0 Å². The van der Waals surface area contributed by atoms with Gasteiger partial charge >= 0.3 is 0 Å². The van der Waals surface area contributed by atoms with Crippen LogP contribution in [0, 0.1) is 11.8 Å². The fourth-order valence-electron chi connectivity index (χ4n) is 4.13. The van der Waals surface area contributed by atoms with Gasteiger partial charge in [-0.15, -0.1) is 10.2 Å². The molecule has 140 valence electrons. The number of ether oxygens (including phenoxy) is 1. The molecular formula is C23H32N2O. The summed E-state index contributed by atoms with van der Waals surface area (Å²) in [6, 6.07) is 12.7. The van der Waals surface area contributed by atoms with Crippen molar-refractivity contribution in [3.8, 4) is 17.1 Å². The van der Waals surface area contributed by atoms with Crippen LogP contribution in [0.15, 0.2) is 36.4 Å². The van der Waals surface area contributed by atoms with Crippen molar-refractivity contribution in [1.29, 1.82) is 0 Å². The minimum absolute atomic E-state index is 0.585. The summed E-state index contributed by atoms with van der Waals surface area (Å²) in [5, 5.41) is 8.38. The average Bonchev–Trinajstić information content (AvgIpc) is 2.69. The van der Waals surface area contributed by atoms with Gasteiger partial charge in [-0.25, -0.2) is 0 Å². The van der Waals surface area contributed by atoms with Crippen LogP contribution < -0.4 is 4.74 Å². The van der Waals surface area contributed by atoms with Crippen molar-refractivity contribution < 1.29 is 4.74 Å². The molecule has 1 aliphatic carbocycles. The van der Waals surface area contributed by atoms with Crippen LogP contribution in [0.4, 0.5) is 0 Å². The predicted octanol–water partition coefficient (Wildman–Crippen LogP) is 6.08. The third kappa shape index (κ3) is 5.30. The molecule has 26 heavy (non-hydrogen) atoms. The highest BCUT2D eigenvalue weighted by Gasteiger charge is 2.20. The summed E-state index contributed by atoms with van der Waals surface area (Å²) in [5.74, 6) is 2.52. The van der Waals surface area contributed by atoms with Gasteiger partial charge in [-0.3, -0.25) is 0 Å². The Morgan fingerprint density at radius 1 is 0.846 bits per heavy atom. The Morgan fingerprint density at radius 2 is 1.54 bits per heavy atom. The molecule has 2 aromatic rings. The number of hydrogen-bond donors (Lipinski definition) is 0. The summed E-state index contributed by atoms with van der Waals surface area (Å²) in [4.78, 5) is 0. The third-order valence-corrected chi connectivity index (χ3v) is 5.69. The minimum Gasteiger partial charge on any atom is -0.477 e. The summed E-state index contributed by atoms with van der Waals surface area (Å²) < 4.78 is 5.35. The largest absolute Gasteiger partial charge is 0.477 e. The number of rotatable bonds is 8. The lowest BCUT2D eigenvalue weighted by molar-refractivity contribution is 0.252. The summed E-state index contributed by atoms with van der Waals surface area (Å²) in [7, 11) is 0. The van der Waals surface area contributed by atoms with Crippen LogP contribution in [-0.4, -0.2) is 16.8 Å².